The van der Waals surface area contributed by atoms with Crippen molar-refractivity contribution in [2.75, 3.05) is 13.2 Å². The maximum atomic E-state index is 12.1. The van der Waals surface area contributed by atoms with Crippen LogP contribution in [0.2, 0.25) is 0 Å². The van der Waals surface area contributed by atoms with Crippen molar-refractivity contribution in [1.29, 1.82) is 0 Å². The minimum absolute atomic E-state index is 0.0138. The van der Waals surface area contributed by atoms with Crippen LogP contribution in [0, 0.1) is 5.92 Å². The summed E-state index contributed by atoms with van der Waals surface area (Å²) in [5.41, 5.74) is 1.71. The first kappa shape index (κ1) is 14.4. The molecule has 1 aliphatic heterocycles. The predicted octanol–water partition coefficient (Wildman–Crippen LogP) is 2.97. The van der Waals surface area contributed by atoms with Crippen molar-refractivity contribution in [2.24, 2.45) is 5.92 Å². The van der Waals surface area contributed by atoms with Crippen LogP contribution >= 0.6 is 11.6 Å². The number of nitrogens with one attached hydrogen (secondary N) is 1. The van der Waals surface area contributed by atoms with Gasteiger partial charge in [0.2, 0.25) is 0 Å². The summed E-state index contributed by atoms with van der Waals surface area (Å²) >= 11 is 5.73. The number of alkyl halides is 1. The number of hydrogen-bond acceptors (Lipinski definition) is 2. The van der Waals surface area contributed by atoms with Gasteiger partial charge in [0.25, 0.3) is 5.91 Å². The molecular formula is C15H20ClNO2. The fourth-order valence-electron chi connectivity index (χ4n) is 2.37. The van der Waals surface area contributed by atoms with Crippen molar-refractivity contribution >= 4 is 17.5 Å². The van der Waals surface area contributed by atoms with Crippen LogP contribution < -0.4 is 5.32 Å². The second kappa shape index (κ2) is 6.92. The summed E-state index contributed by atoms with van der Waals surface area (Å²) in [6.07, 6.45) is 2.04. The normalized spacial score (nSPS) is 18.0. The largest absolute Gasteiger partial charge is 0.381 e. The van der Waals surface area contributed by atoms with E-state index in [4.69, 9.17) is 16.3 Å². The van der Waals surface area contributed by atoms with Gasteiger partial charge >= 0.3 is 0 Å². The van der Waals surface area contributed by atoms with Crippen LogP contribution in [0.15, 0.2) is 24.3 Å². The van der Waals surface area contributed by atoms with Gasteiger partial charge in [-0.25, -0.2) is 0 Å². The molecule has 1 aromatic carbocycles. The highest BCUT2D eigenvalue weighted by molar-refractivity contribution is 6.17. The smallest absolute Gasteiger partial charge is 0.251 e. The maximum absolute atomic E-state index is 12.1. The lowest BCUT2D eigenvalue weighted by Gasteiger charge is -2.28. The van der Waals surface area contributed by atoms with Crippen LogP contribution in [0.25, 0.3) is 0 Å². The Morgan fingerprint density at radius 3 is 2.58 bits per heavy atom. The molecule has 1 fully saturated rings. The lowest BCUT2D eigenvalue weighted by Crippen LogP contribution is -2.40. The summed E-state index contributed by atoms with van der Waals surface area (Å²) in [5, 5.41) is 3.08. The number of halogens is 1. The Bertz CT molecular complexity index is 413. The van der Waals surface area contributed by atoms with Gasteiger partial charge in [-0.05, 0) is 43.4 Å². The number of hydrogen-bond donors (Lipinski definition) is 1. The SMILES string of the molecule is CC(NC(=O)c1ccc(CCl)cc1)C1CCOCC1. The molecule has 1 aliphatic rings. The third-order valence-electron chi connectivity index (χ3n) is 3.70. The van der Waals surface area contributed by atoms with Crippen LogP contribution in [0.4, 0.5) is 0 Å². The van der Waals surface area contributed by atoms with Gasteiger partial charge in [-0.1, -0.05) is 12.1 Å². The lowest BCUT2D eigenvalue weighted by atomic mass is 9.93. The summed E-state index contributed by atoms with van der Waals surface area (Å²) < 4.78 is 5.34. The number of carbonyl (C=O) groups is 1. The molecule has 19 heavy (non-hydrogen) atoms. The molecule has 1 saturated heterocycles. The van der Waals surface area contributed by atoms with E-state index >= 15 is 0 Å². The van der Waals surface area contributed by atoms with Crippen molar-refractivity contribution in [3.63, 3.8) is 0 Å². The molecular weight excluding hydrogens is 262 g/mol. The zero-order chi connectivity index (χ0) is 13.7. The average Bonchev–Trinajstić information content (AvgIpc) is 2.48. The fourth-order valence-corrected chi connectivity index (χ4v) is 2.55. The molecule has 0 aromatic heterocycles. The van der Waals surface area contributed by atoms with Crippen molar-refractivity contribution in [1.82, 2.24) is 5.32 Å². The van der Waals surface area contributed by atoms with Crippen molar-refractivity contribution in [2.45, 2.75) is 31.7 Å². The third-order valence-corrected chi connectivity index (χ3v) is 4.01. The maximum Gasteiger partial charge on any atom is 0.251 e. The van der Waals surface area contributed by atoms with E-state index in [1.807, 2.05) is 24.3 Å². The second-order valence-corrected chi connectivity index (χ2v) is 5.31. The lowest BCUT2D eigenvalue weighted by molar-refractivity contribution is 0.0538. The molecule has 0 saturated carbocycles. The van der Waals surface area contributed by atoms with Crippen LogP contribution in [0.1, 0.15) is 35.7 Å². The fraction of sp³-hybridized carbons (Fsp3) is 0.533. The van der Waals surface area contributed by atoms with Crippen molar-refractivity contribution in [3.8, 4) is 0 Å². The molecule has 4 heteroatoms. The first-order chi connectivity index (χ1) is 9.20. The molecule has 0 aliphatic carbocycles. The van der Waals surface area contributed by atoms with Gasteiger partial charge in [-0.3, -0.25) is 4.79 Å². The van der Waals surface area contributed by atoms with E-state index < -0.39 is 0 Å². The quantitative estimate of drug-likeness (QED) is 0.862. The zero-order valence-electron chi connectivity index (χ0n) is 11.2. The first-order valence-corrected chi connectivity index (χ1v) is 7.27. The molecule has 1 heterocycles. The molecule has 1 aromatic rings. The van der Waals surface area contributed by atoms with Crippen LogP contribution in [-0.4, -0.2) is 25.2 Å². The Hall–Kier alpha value is -1.06. The van der Waals surface area contributed by atoms with Crippen molar-refractivity contribution < 1.29 is 9.53 Å². The minimum Gasteiger partial charge on any atom is -0.381 e. The van der Waals surface area contributed by atoms with Crippen LogP contribution in [0.5, 0.6) is 0 Å². The van der Waals surface area contributed by atoms with Gasteiger partial charge in [0.1, 0.15) is 0 Å². The molecule has 0 bridgehead atoms. The molecule has 1 unspecified atom stereocenters. The van der Waals surface area contributed by atoms with E-state index in [0.29, 0.717) is 17.4 Å². The number of benzene rings is 1. The summed E-state index contributed by atoms with van der Waals surface area (Å²) in [4.78, 5) is 12.1. The van der Waals surface area contributed by atoms with Gasteiger partial charge in [0.15, 0.2) is 0 Å². The Balaban J connectivity index is 1.91. The van der Waals surface area contributed by atoms with E-state index in [1.54, 1.807) is 0 Å². The molecule has 104 valence electrons. The average molecular weight is 282 g/mol. The summed E-state index contributed by atoms with van der Waals surface area (Å²) in [6, 6.07) is 7.61. The Labute approximate surface area is 119 Å². The van der Waals surface area contributed by atoms with Gasteiger partial charge in [-0.15, -0.1) is 11.6 Å². The number of amides is 1. The molecule has 0 radical (unpaired) electrons. The molecule has 0 spiro atoms. The standard InChI is InChI=1S/C15H20ClNO2/c1-11(13-6-8-19-9-7-13)17-15(18)14-4-2-12(10-16)3-5-14/h2-5,11,13H,6-10H2,1H3,(H,17,18). The summed E-state index contributed by atoms with van der Waals surface area (Å²) in [5.74, 6) is 0.973. The van der Waals surface area contributed by atoms with Gasteiger partial charge in [0.05, 0.1) is 0 Å². The number of carbonyl (C=O) groups excluding carboxylic acids is 1. The molecule has 3 nitrogen and oxygen atoms in total. The summed E-state index contributed by atoms with van der Waals surface area (Å²) in [7, 11) is 0. The van der Waals surface area contributed by atoms with Crippen LogP contribution in [-0.2, 0) is 10.6 Å². The van der Waals surface area contributed by atoms with E-state index in [0.717, 1.165) is 31.6 Å². The highest BCUT2D eigenvalue weighted by atomic mass is 35.5. The summed E-state index contributed by atoms with van der Waals surface area (Å²) in [6.45, 7) is 3.67. The zero-order valence-corrected chi connectivity index (χ0v) is 12.0. The highest BCUT2D eigenvalue weighted by Gasteiger charge is 2.22. The minimum atomic E-state index is -0.0138. The Morgan fingerprint density at radius 2 is 2.00 bits per heavy atom. The highest BCUT2D eigenvalue weighted by Crippen LogP contribution is 2.19. The molecule has 1 N–H and O–H groups in total. The first-order valence-electron chi connectivity index (χ1n) is 6.74. The molecule has 1 amide bonds. The van der Waals surface area contributed by atoms with E-state index in [9.17, 15) is 4.79 Å². The Kier molecular flexibility index (Phi) is 5.23. The van der Waals surface area contributed by atoms with E-state index in [-0.39, 0.29) is 11.9 Å². The third kappa shape index (κ3) is 3.95. The molecule has 2 rings (SSSR count). The van der Waals surface area contributed by atoms with Crippen molar-refractivity contribution in [3.05, 3.63) is 35.4 Å². The van der Waals surface area contributed by atoms with Crippen LogP contribution in [0.3, 0.4) is 0 Å². The topological polar surface area (TPSA) is 38.3 Å². The number of ether oxygens (including phenoxy) is 1. The predicted molar refractivity (Wildman–Crippen MR) is 76.5 cm³/mol. The van der Waals surface area contributed by atoms with Gasteiger partial charge in [0, 0.05) is 30.7 Å². The Morgan fingerprint density at radius 1 is 1.37 bits per heavy atom. The monoisotopic (exact) mass is 281 g/mol. The van der Waals surface area contributed by atoms with E-state index in [1.165, 1.54) is 0 Å². The van der Waals surface area contributed by atoms with E-state index in [2.05, 4.69) is 12.2 Å². The van der Waals surface area contributed by atoms with Gasteiger partial charge < -0.3 is 10.1 Å². The second-order valence-electron chi connectivity index (χ2n) is 5.04. The molecule has 1 atom stereocenters. The van der Waals surface area contributed by atoms with Gasteiger partial charge in [-0.2, -0.15) is 0 Å². The number of rotatable bonds is 4.